The van der Waals surface area contributed by atoms with Crippen LogP contribution in [0.4, 0.5) is 0 Å². The molecule has 1 aromatic rings. The third kappa shape index (κ3) is 108. The number of aliphatic hydroxyl groups is 1. The van der Waals surface area contributed by atoms with Crippen molar-refractivity contribution in [2.45, 2.75) is 666 Å². The Morgan fingerprint density at radius 1 is 0.245 bits per heavy atom. The lowest BCUT2D eigenvalue weighted by atomic mass is 10.0. The maximum Gasteiger partial charge on any atom is 0.306 e. The second-order valence-electron chi connectivity index (χ2n) is 42.4. The number of esters is 5. The third-order valence-electron chi connectivity index (χ3n) is 28.6. The highest BCUT2D eigenvalue weighted by atomic mass is 16.6. The van der Waals surface area contributed by atoms with E-state index >= 15 is 0 Å². The van der Waals surface area contributed by atoms with Gasteiger partial charge >= 0.3 is 29.8 Å². The number of aliphatic hydroxyl groups excluding tert-OH is 1. The van der Waals surface area contributed by atoms with E-state index in [9.17, 15) is 29.1 Å². The van der Waals surface area contributed by atoms with Gasteiger partial charge in [-0.15, -0.1) is 0 Å². The van der Waals surface area contributed by atoms with E-state index in [1.165, 1.54) is 431 Å². The number of aromatic nitrogens is 2. The highest BCUT2D eigenvalue weighted by Crippen LogP contribution is 2.25. The van der Waals surface area contributed by atoms with Gasteiger partial charge in [-0.3, -0.25) is 28.9 Å². The minimum Gasteiger partial charge on any atom is -0.466 e. The summed E-state index contributed by atoms with van der Waals surface area (Å²) in [7, 11) is 0. The van der Waals surface area contributed by atoms with E-state index in [1.807, 2.05) is 12.5 Å². The molecule has 1 rings (SSSR count). The van der Waals surface area contributed by atoms with Crippen molar-refractivity contribution in [3.63, 3.8) is 0 Å². The first kappa shape index (κ1) is 137. The van der Waals surface area contributed by atoms with Crippen LogP contribution in [0, 0.1) is 0 Å². The molecule has 0 fully saturated rings. The van der Waals surface area contributed by atoms with Gasteiger partial charge in [0.25, 0.3) is 0 Å². The van der Waals surface area contributed by atoms with Gasteiger partial charge in [0.2, 0.25) is 0 Å². The summed E-state index contributed by atoms with van der Waals surface area (Å²) < 4.78 is 30.9. The Kier molecular flexibility index (Phi) is 115. The van der Waals surface area contributed by atoms with Gasteiger partial charge in [-0.25, -0.2) is 4.98 Å². The molecule has 824 valence electrons. The van der Waals surface area contributed by atoms with Crippen LogP contribution in [0.3, 0.4) is 0 Å². The molecule has 1 heterocycles. The van der Waals surface area contributed by atoms with Crippen molar-refractivity contribution in [1.29, 1.82) is 0 Å². The predicted molar refractivity (Wildman–Crippen MR) is 598 cm³/mol. The van der Waals surface area contributed by atoms with Gasteiger partial charge in [-0.1, -0.05) is 448 Å². The Morgan fingerprint density at radius 3 is 0.705 bits per heavy atom. The predicted octanol–water partition coefficient (Wildman–Crippen LogP) is 36.5. The Labute approximate surface area is 864 Å². The van der Waals surface area contributed by atoms with Crippen LogP contribution in [-0.2, 0) is 54.2 Å². The van der Waals surface area contributed by atoms with Crippen LogP contribution in [0.25, 0.3) is 0 Å². The fourth-order valence-electron chi connectivity index (χ4n) is 19.4. The van der Waals surface area contributed by atoms with E-state index < -0.39 is 0 Å². The minimum atomic E-state index is -0.222. The lowest BCUT2D eigenvalue weighted by molar-refractivity contribution is -0.151. The van der Waals surface area contributed by atoms with Crippen molar-refractivity contribution >= 4 is 29.8 Å². The van der Waals surface area contributed by atoms with Crippen LogP contribution in [0.15, 0.2) is 18.7 Å². The summed E-state index contributed by atoms with van der Waals surface area (Å²) in [5.41, 5.74) is 0. The van der Waals surface area contributed by atoms with Gasteiger partial charge in [0.1, 0.15) is 24.9 Å². The van der Waals surface area contributed by atoms with Crippen LogP contribution in [-0.4, -0.2) is 156 Å². The Bertz CT molecular complexity index is 2530. The Morgan fingerprint density at radius 2 is 0.460 bits per heavy atom. The molecule has 0 atom stereocenters. The first-order valence-electron chi connectivity index (χ1n) is 61.9. The topological polar surface area (TPSA) is 179 Å². The standard InChI is InChI=1S/C46H89NO6.C40H77N3O2.C37H75NO3/c1-5-8-11-14-17-26-33-41-52-45(49)36-29-22-18-24-31-38-47(40-42-51-43(4)48)39-32-25-19-23-30-37-46(50)53-44(34-27-20-15-12-9-6-2)35-28-21-16-13-10-7-3;1-4-7-10-13-16-21-26-33-42(35-28-36-43-37-32-41-38-43)34-27-22-17-20-25-31-40(44)45-39(29-23-18-14-11-8-5-2)30-24-19-15-12-9-6-3;1-4-7-10-13-16-21-26-32-38(34-28-35-39)33-27-22-17-20-25-31-37(40)41-36(29-23-18-14-11-8-5-2)30-24-19-15-12-9-6-3/h44H,5-42H2,1-4H3;32,37-39H,4-31,33-36H2,1-3H3;36,39H,4-35H2,1-3H3. The number of hydrogen-bond donors (Lipinski definition) is 1. The Hall–Kier alpha value is -3.60. The summed E-state index contributed by atoms with van der Waals surface area (Å²) in [4.78, 5) is 73.3. The SMILES string of the molecule is CCCCCCCCCN(CCCCCCCC(=O)OC(CCCCCCCC)CCCCCCCC)CCCn1ccnc1.CCCCCCCCCN(CCCO)CCCCCCCC(=O)OC(CCCCCCCC)CCCCCCCC.CCCCCCCCCOC(=O)CCCCCCCN(CCCCCCCC(=O)OC(CCCCCCCC)CCCCCCCC)CCOC(C)=O. The van der Waals surface area contributed by atoms with Gasteiger partial charge in [0, 0.05) is 71.2 Å². The zero-order chi connectivity index (χ0) is 101. The molecule has 0 saturated carbocycles. The number of hydrogen-bond acceptors (Lipinski definition) is 15. The molecule has 16 heteroatoms. The molecule has 0 radical (unpaired) electrons. The number of rotatable bonds is 111. The molecule has 0 aliphatic carbocycles. The molecule has 0 bridgehead atoms. The van der Waals surface area contributed by atoms with Crippen molar-refractivity contribution < 1.29 is 52.8 Å². The van der Waals surface area contributed by atoms with E-state index in [4.69, 9.17) is 23.7 Å². The fourth-order valence-corrected chi connectivity index (χ4v) is 19.4. The van der Waals surface area contributed by atoms with Crippen LogP contribution >= 0.6 is 0 Å². The highest BCUT2D eigenvalue weighted by molar-refractivity contribution is 5.70. The second kappa shape index (κ2) is 116. The summed E-state index contributed by atoms with van der Waals surface area (Å²) in [6.45, 7) is 34.0. The normalized spacial score (nSPS) is 11.6. The monoisotopic (exact) mass is 1960 g/mol. The molecule has 0 amide bonds. The number of unbranched alkanes of at least 4 members (excludes halogenated alkanes) is 64. The number of aryl methyl sites for hydroxylation is 1. The quantitative estimate of drug-likeness (QED) is 0.0369. The zero-order valence-corrected chi connectivity index (χ0v) is 94.9. The van der Waals surface area contributed by atoms with E-state index in [-0.39, 0.29) is 48.2 Å². The van der Waals surface area contributed by atoms with Crippen LogP contribution < -0.4 is 0 Å². The molecule has 16 nitrogen and oxygen atoms in total. The molecular weight excluding hydrogens is 1720 g/mol. The maximum atomic E-state index is 12.7. The third-order valence-corrected chi connectivity index (χ3v) is 28.6. The molecule has 0 aliphatic heterocycles. The van der Waals surface area contributed by atoms with Crippen molar-refractivity contribution in [1.82, 2.24) is 24.3 Å². The number of imidazole rings is 1. The minimum absolute atomic E-state index is 0.00217. The van der Waals surface area contributed by atoms with Gasteiger partial charge in [-0.2, -0.15) is 0 Å². The van der Waals surface area contributed by atoms with Gasteiger partial charge in [0.15, 0.2) is 0 Å². The summed E-state index contributed by atoms with van der Waals surface area (Å²) in [6, 6.07) is 0. The summed E-state index contributed by atoms with van der Waals surface area (Å²) >= 11 is 0. The van der Waals surface area contributed by atoms with E-state index in [0.29, 0.717) is 45.5 Å². The van der Waals surface area contributed by atoms with Crippen LogP contribution in [0.5, 0.6) is 0 Å². The van der Waals surface area contributed by atoms with Crippen LogP contribution in [0.1, 0.15) is 641 Å². The van der Waals surface area contributed by atoms with Crippen molar-refractivity contribution in [2.24, 2.45) is 0 Å². The van der Waals surface area contributed by atoms with Crippen molar-refractivity contribution in [3.05, 3.63) is 18.7 Å². The summed E-state index contributed by atoms with van der Waals surface area (Å²) in [5.74, 6) is -0.172. The molecule has 1 N–H and O–H groups in total. The first-order valence-corrected chi connectivity index (χ1v) is 61.9. The molecule has 1 aromatic heterocycles. The van der Waals surface area contributed by atoms with Crippen molar-refractivity contribution in [2.75, 3.05) is 78.7 Å². The van der Waals surface area contributed by atoms with Crippen molar-refractivity contribution in [3.8, 4) is 0 Å². The molecular formula is C123H241N5O11. The zero-order valence-electron chi connectivity index (χ0n) is 94.9. The van der Waals surface area contributed by atoms with Gasteiger partial charge in [-0.05, 0) is 206 Å². The number of nitrogens with zero attached hydrogens (tertiary/aromatic N) is 5. The number of carbonyl (C=O) groups excluding carboxylic acids is 5. The number of ether oxygens (including phenoxy) is 5. The lowest BCUT2D eigenvalue weighted by Gasteiger charge is -2.22. The van der Waals surface area contributed by atoms with E-state index in [1.54, 1.807) is 0 Å². The maximum absolute atomic E-state index is 12.7. The lowest BCUT2D eigenvalue weighted by Crippen LogP contribution is -2.30. The average Bonchev–Trinajstić information content (AvgIpc) is 1.93. The van der Waals surface area contributed by atoms with Crippen LogP contribution in [0.2, 0.25) is 0 Å². The van der Waals surface area contributed by atoms with E-state index in [2.05, 4.69) is 92.8 Å². The molecule has 0 spiro atoms. The molecule has 139 heavy (non-hydrogen) atoms. The average molecular weight is 1970 g/mol. The fraction of sp³-hybridized carbons (Fsp3) is 0.935. The molecule has 0 unspecified atom stereocenters. The molecule has 0 saturated heterocycles. The van der Waals surface area contributed by atoms with Gasteiger partial charge in [0.05, 0.1) is 12.9 Å². The number of carbonyl (C=O) groups is 5. The van der Waals surface area contributed by atoms with E-state index in [0.717, 1.165) is 187 Å². The largest absolute Gasteiger partial charge is 0.466 e. The van der Waals surface area contributed by atoms with Gasteiger partial charge < -0.3 is 43.2 Å². The smallest absolute Gasteiger partial charge is 0.306 e. The molecule has 0 aromatic carbocycles. The second-order valence-corrected chi connectivity index (χ2v) is 42.4. The first-order chi connectivity index (χ1) is 68.3. The molecule has 0 aliphatic rings. The Balaban J connectivity index is 0. The summed E-state index contributed by atoms with van der Waals surface area (Å²) in [6.07, 6.45) is 113. The summed E-state index contributed by atoms with van der Waals surface area (Å²) in [5, 5.41) is 9.28. The highest BCUT2D eigenvalue weighted by Gasteiger charge is 2.20.